The molecular weight excluding hydrogens is 400 g/mol. The average molecular weight is 447 g/mol. The van der Waals surface area contributed by atoms with Crippen LogP contribution < -0.4 is 4.74 Å². The van der Waals surface area contributed by atoms with Gasteiger partial charge in [-0.15, -0.1) is 0 Å². The summed E-state index contributed by atoms with van der Waals surface area (Å²) in [6.45, 7) is 9.90. The molecule has 0 amide bonds. The Kier molecular flexibility index (Phi) is 10.1. The van der Waals surface area contributed by atoms with E-state index >= 15 is 0 Å². The van der Waals surface area contributed by atoms with Crippen molar-refractivity contribution in [2.75, 3.05) is 0 Å². The number of rotatable bonds is 11. The molecule has 0 aromatic heterocycles. The van der Waals surface area contributed by atoms with Gasteiger partial charge in [0.25, 0.3) is 0 Å². The minimum absolute atomic E-state index is 0.170. The van der Waals surface area contributed by atoms with Crippen LogP contribution in [-0.2, 0) is 12.0 Å². The second-order valence-electron chi connectivity index (χ2n) is 10.7. The van der Waals surface area contributed by atoms with Crippen molar-refractivity contribution in [2.24, 2.45) is 5.92 Å². The third kappa shape index (κ3) is 7.49. The minimum Gasteiger partial charge on any atom is -0.489 e. The zero-order valence-electron chi connectivity index (χ0n) is 21.6. The molecule has 0 radical (unpaired) electrons. The van der Waals surface area contributed by atoms with Gasteiger partial charge in [0.1, 0.15) is 12.4 Å². The maximum Gasteiger partial charge on any atom is 0.123 e. The Bertz CT molecular complexity index is 848. The maximum absolute atomic E-state index is 6.60. The lowest BCUT2D eigenvalue weighted by molar-refractivity contribution is 0.296. The monoisotopic (exact) mass is 446 g/mol. The standard InChI is InChI=1S/C32H46O/c1-5-7-8-15-23-32(3,4)28-21-22-30(29-20-14-10-13-19-27(29)16-6-2)31(24-28)33-25-26-17-11-9-12-18-26/h6,9,11-12,16-18,21-22,24,27,29H,5,7-8,10,13-15,19-20,23,25H2,1-4H3/b16-6-. The van der Waals surface area contributed by atoms with Crippen molar-refractivity contribution in [1.29, 1.82) is 0 Å². The molecule has 0 aliphatic heterocycles. The predicted molar refractivity (Wildman–Crippen MR) is 143 cm³/mol. The summed E-state index contributed by atoms with van der Waals surface area (Å²) in [6.07, 6.45) is 17.8. The summed E-state index contributed by atoms with van der Waals surface area (Å²) in [7, 11) is 0. The Morgan fingerprint density at radius 2 is 1.73 bits per heavy atom. The largest absolute Gasteiger partial charge is 0.489 e. The molecule has 1 fully saturated rings. The number of hydrogen-bond donors (Lipinski definition) is 0. The first kappa shape index (κ1) is 25.6. The molecule has 1 nitrogen and oxygen atoms in total. The van der Waals surface area contributed by atoms with E-state index < -0.39 is 0 Å². The van der Waals surface area contributed by atoms with Crippen LogP contribution in [0.4, 0.5) is 0 Å². The van der Waals surface area contributed by atoms with Crippen molar-refractivity contribution in [3.63, 3.8) is 0 Å². The molecule has 1 heteroatoms. The molecule has 0 bridgehead atoms. The van der Waals surface area contributed by atoms with E-state index in [1.165, 1.54) is 80.9 Å². The van der Waals surface area contributed by atoms with Crippen LogP contribution in [0.25, 0.3) is 0 Å². The Labute approximate surface area is 203 Å². The lowest BCUT2D eigenvalue weighted by atomic mass is 9.77. The van der Waals surface area contributed by atoms with Gasteiger partial charge in [-0.3, -0.25) is 0 Å². The van der Waals surface area contributed by atoms with Crippen molar-refractivity contribution in [2.45, 2.75) is 110 Å². The van der Waals surface area contributed by atoms with E-state index in [4.69, 9.17) is 4.74 Å². The molecule has 0 spiro atoms. The minimum atomic E-state index is 0.170. The van der Waals surface area contributed by atoms with Gasteiger partial charge in [0.2, 0.25) is 0 Å². The Balaban J connectivity index is 1.90. The fourth-order valence-corrected chi connectivity index (χ4v) is 5.46. The van der Waals surface area contributed by atoms with Gasteiger partial charge >= 0.3 is 0 Å². The Hall–Kier alpha value is -2.02. The van der Waals surface area contributed by atoms with Crippen molar-refractivity contribution in [1.82, 2.24) is 0 Å². The van der Waals surface area contributed by atoms with E-state index in [1.807, 2.05) is 0 Å². The van der Waals surface area contributed by atoms with Crippen LogP contribution in [-0.4, -0.2) is 0 Å². The third-order valence-corrected chi connectivity index (χ3v) is 7.60. The van der Waals surface area contributed by atoms with Crippen LogP contribution in [0.3, 0.4) is 0 Å². The van der Waals surface area contributed by atoms with Gasteiger partial charge in [0.15, 0.2) is 0 Å². The first-order chi connectivity index (χ1) is 16.0. The molecule has 1 saturated carbocycles. The van der Waals surface area contributed by atoms with Gasteiger partial charge in [-0.1, -0.05) is 120 Å². The molecule has 33 heavy (non-hydrogen) atoms. The molecule has 180 valence electrons. The molecule has 2 aromatic carbocycles. The van der Waals surface area contributed by atoms with Crippen molar-refractivity contribution in [3.8, 4) is 5.75 Å². The van der Waals surface area contributed by atoms with Gasteiger partial charge in [0, 0.05) is 0 Å². The molecule has 2 atom stereocenters. The summed E-state index contributed by atoms with van der Waals surface area (Å²) in [5.74, 6) is 2.28. The lowest BCUT2D eigenvalue weighted by Gasteiger charge is -2.29. The summed E-state index contributed by atoms with van der Waals surface area (Å²) in [6, 6.07) is 17.8. The number of hydrogen-bond acceptors (Lipinski definition) is 1. The van der Waals surface area contributed by atoms with Crippen LogP contribution >= 0.6 is 0 Å². The zero-order valence-corrected chi connectivity index (χ0v) is 21.6. The highest BCUT2D eigenvalue weighted by atomic mass is 16.5. The summed E-state index contributed by atoms with van der Waals surface area (Å²) in [4.78, 5) is 0. The predicted octanol–water partition coefficient (Wildman–Crippen LogP) is 9.75. The second kappa shape index (κ2) is 13.0. The first-order valence-corrected chi connectivity index (χ1v) is 13.5. The quantitative estimate of drug-likeness (QED) is 0.189. The van der Waals surface area contributed by atoms with Gasteiger partial charge < -0.3 is 4.74 Å². The fraction of sp³-hybridized carbons (Fsp3) is 0.562. The Morgan fingerprint density at radius 3 is 2.48 bits per heavy atom. The van der Waals surface area contributed by atoms with E-state index in [0.717, 1.165) is 5.75 Å². The highest BCUT2D eigenvalue weighted by molar-refractivity contribution is 5.43. The van der Waals surface area contributed by atoms with E-state index in [0.29, 0.717) is 18.4 Å². The number of ether oxygens (including phenoxy) is 1. The van der Waals surface area contributed by atoms with Gasteiger partial charge in [-0.25, -0.2) is 0 Å². The molecule has 2 aromatic rings. The average Bonchev–Trinajstić information content (AvgIpc) is 3.07. The number of unbranched alkanes of at least 4 members (excludes halogenated alkanes) is 3. The van der Waals surface area contributed by atoms with E-state index in [9.17, 15) is 0 Å². The zero-order chi connectivity index (χ0) is 23.5. The number of allylic oxidation sites excluding steroid dienone is 2. The molecule has 0 heterocycles. The Morgan fingerprint density at radius 1 is 0.939 bits per heavy atom. The second-order valence-corrected chi connectivity index (χ2v) is 10.7. The SMILES string of the molecule is C/C=C\C1CCCCCC1c1ccc(C(C)(C)CCCCCC)cc1OCc1ccccc1. The van der Waals surface area contributed by atoms with E-state index in [-0.39, 0.29) is 5.41 Å². The highest BCUT2D eigenvalue weighted by Crippen LogP contribution is 2.43. The van der Waals surface area contributed by atoms with Crippen LogP contribution in [0.5, 0.6) is 5.75 Å². The van der Waals surface area contributed by atoms with E-state index in [2.05, 4.69) is 88.4 Å². The first-order valence-electron chi connectivity index (χ1n) is 13.5. The normalized spacial score (nSPS) is 19.5. The molecule has 0 N–H and O–H groups in total. The lowest BCUT2D eigenvalue weighted by Crippen LogP contribution is -2.18. The van der Waals surface area contributed by atoms with Crippen LogP contribution in [0.1, 0.15) is 115 Å². The van der Waals surface area contributed by atoms with Crippen LogP contribution in [0.2, 0.25) is 0 Å². The maximum atomic E-state index is 6.60. The highest BCUT2D eigenvalue weighted by Gasteiger charge is 2.28. The smallest absolute Gasteiger partial charge is 0.123 e. The summed E-state index contributed by atoms with van der Waals surface area (Å²) in [5.41, 5.74) is 4.24. The number of benzene rings is 2. The van der Waals surface area contributed by atoms with Crippen LogP contribution in [0, 0.1) is 5.92 Å². The third-order valence-electron chi connectivity index (χ3n) is 7.60. The summed E-state index contributed by atoms with van der Waals surface area (Å²) < 4.78 is 6.60. The fourth-order valence-electron chi connectivity index (χ4n) is 5.46. The van der Waals surface area contributed by atoms with Gasteiger partial charge in [-0.05, 0) is 66.2 Å². The molecule has 1 aliphatic carbocycles. The molecular formula is C32H46O. The molecule has 2 unspecified atom stereocenters. The molecule has 0 saturated heterocycles. The van der Waals surface area contributed by atoms with Crippen LogP contribution in [0.15, 0.2) is 60.7 Å². The summed E-state index contributed by atoms with van der Waals surface area (Å²) in [5, 5.41) is 0. The topological polar surface area (TPSA) is 9.23 Å². The van der Waals surface area contributed by atoms with Gasteiger partial charge in [0.05, 0.1) is 0 Å². The van der Waals surface area contributed by atoms with Crippen molar-refractivity contribution < 1.29 is 4.74 Å². The van der Waals surface area contributed by atoms with Gasteiger partial charge in [-0.2, -0.15) is 0 Å². The molecule has 1 aliphatic rings. The van der Waals surface area contributed by atoms with Crippen molar-refractivity contribution in [3.05, 3.63) is 77.4 Å². The van der Waals surface area contributed by atoms with Crippen molar-refractivity contribution >= 4 is 0 Å². The molecule has 3 rings (SSSR count). The summed E-state index contributed by atoms with van der Waals surface area (Å²) >= 11 is 0. The van der Waals surface area contributed by atoms with E-state index in [1.54, 1.807) is 0 Å².